The monoisotopic (exact) mass is 238 g/mol. The van der Waals surface area contributed by atoms with Crippen molar-refractivity contribution in [1.82, 2.24) is 4.98 Å². The number of pyridine rings is 1. The molecule has 0 unspecified atom stereocenters. The van der Waals surface area contributed by atoms with Crippen molar-refractivity contribution in [1.29, 1.82) is 0 Å². The second kappa shape index (κ2) is 6.90. The Bertz CT molecular complexity index is 380. The molecule has 0 aliphatic heterocycles. The molecule has 1 aromatic rings. The van der Waals surface area contributed by atoms with Crippen LogP contribution in [0.25, 0.3) is 0 Å². The van der Waals surface area contributed by atoms with Crippen molar-refractivity contribution < 1.29 is 9.53 Å². The Balaban J connectivity index is 2.36. The van der Waals surface area contributed by atoms with Gasteiger partial charge in [0.1, 0.15) is 5.03 Å². The van der Waals surface area contributed by atoms with E-state index in [1.54, 1.807) is 31.3 Å². The van der Waals surface area contributed by atoms with Gasteiger partial charge in [0.2, 0.25) is 0 Å². The van der Waals surface area contributed by atoms with Gasteiger partial charge in [-0.15, -0.1) is 11.8 Å². The van der Waals surface area contributed by atoms with Gasteiger partial charge in [-0.1, -0.05) is 6.08 Å². The van der Waals surface area contributed by atoms with Crippen molar-refractivity contribution in [2.45, 2.75) is 11.9 Å². The molecular formula is C11H14N2O2S. The average molecular weight is 238 g/mol. The molecule has 1 aromatic heterocycles. The highest BCUT2D eigenvalue weighted by atomic mass is 32.2. The normalized spacial score (nSPS) is 10.6. The van der Waals surface area contributed by atoms with Crippen molar-refractivity contribution in [3.63, 3.8) is 0 Å². The summed E-state index contributed by atoms with van der Waals surface area (Å²) in [6.07, 6.45) is 4.83. The highest BCUT2D eigenvalue weighted by molar-refractivity contribution is 7.99. The van der Waals surface area contributed by atoms with Crippen LogP contribution in [0.4, 0.5) is 5.69 Å². The van der Waals surface area contributed by atoms with Crippen LogP contribution >= 0.6 is 11.8 Å². The van der Waals surface area contributed by atoms with Crippen LogP contribution in [-0.4, -0.2) is 23.3 Å². The number of thioether (sulfide) groups is 1. The van der Waals surface area contributed by atoms with Crippen molar-refractivity contribution in [2.24, 2.45) is 0 Å². The molecule has 86 valence electrons. The first-order chi connectivity index (χ1) is 7.74. The second-order valence-corrected chi connectivity index (χ2v) is 3.87. The Morgan fingerprint density at radius 3 is 3.19 bits per heavy atom. The van der Waals surface area contributed by atoms with E-state index in [-0.39, 0.29) is 5.97 Å². The summed E-state index contributed by atoms with van der Waals surface area (Å²) in [5.74, 6) is 0.317. The highest BCUT2D eigenvalue weighted by Gasteiger charge is 1.98. The van der Waals surface area contributed by atoms with Gasteiger partial charge in [-0.05, 0) is 19.1 Å². The Labute approximate surface area is 98.9 Å². The van der Waals surface area contributed by atoms with Crippen molar-refractivity contribution in [3.05, 3.63) is 30.5 Å². The average Bonchev–Trinajstić information content (AvgIpc) is 2.27. The smallest absolute Gasteiger partial charge is 0.330 e. The van der Waals surface area contributed by atoms with Crippen LogP contribution in [0.3, 0.4) is 0 Å². The Kier molecular flexibility index (Phi) is 5.42. The third kappa shape index (κ3) is 4.35. The summed E-state index contributed by atoms with van der Waals surface area (Å²) in [6, 6.07) is 3.58. The van der Waals surface area contributed by atoms with Gasteiger partial charge in [0, 0.05) is 18.0 Å². The van der Waals surface area contributed by atoms with Crippen LogP contribution in [0.5, 0.6) is 0 Å². The molecule has 0 aliphatic carbocycles. The van der Waals surface area contributed by atoms with E-state index < -0.39 is 0 Å². The maximum atomic E-state index is 11.0. The lowest BCUT2D eigenvalue weighted by atomic mass is 10.4. The van der Waals surface area contributed by atoms with Crippen LogP contribution in [0.1, 0.15) is 6.92 Å². The summed E-state index contributed by atoms with van der Waals surface area (Å²) >= 11 is 1.48. The number of esters is 1. The first kappa shape index (κ1) is 12.6. The molecular weight excluding hydrogens is 224 g/mol. The zero-order valence-corrected chi connectivity index (χ0v) is 9.87. The van der Waals surface area contributed by atoms with Crippen molar-refractivity contribution in [3.8, 4) is 0 Å². The molecule has 0 bridgehead atoms. The van der Waals surface area contributed by atoms with Crippen LogP contribution in [-0.2, 0) is 9.53 Å². The largest absolute Gasteiger partial charge is 0.463 e. The first-order valence-electron chi connectivity index (χ1n) is 4.90. The van der Waals surface area contributed by atoms with Crippen molar-refractivity contribution in [2.75, 3.05) is 18.1 Å². The molecule has 0 radical (unpaired) electrons. The van der Waals surface area contributed by atoms with Crippen LogP contribution in [0, 0.1) is 0 Å². The lowest BCUT2D eigenvalue weighted by Crippen LogP contribution is -1.99. The molecule has 5 heteroatoms. The molecule has 0 atom stereocenters. The predicted molar refractivity (Wildman–Crippen MR) is 65.1 cm³/mol. The lowest BCUT2D eigenvalue weighted by Gasteiger charge is -2.00. The molecule has 0 aliphatic rings. The van der Waals surface area contributed by atoms with Gasteiger partial charge in [-0.3, -0.25) is 0 Å². The van der Waals surface area contributed by atoms with E-state index in [0.717, 1.165) is 5.03 Å². The molecule has 0 fully saturated rings. The molecule has 2 N–H and O–H groups in total. The number of nitrogens with zero attached hydrogens (tertiary/aromatic N) is 1. The van der Waals surface area contributed by atoms with Gasteiger partial charge >= 0.3 is 5.97 Å². The fourth-order valence-electron chi connectivity index (χ4n) is 0.986. The SMILES string of the molecule is CCOC(=O)/C=C/CSc1ncccc1N. The summed E-state index contributed by atoms with van der Waals surface area (Å²) in [6.45, 7) is 2.17. The summed E-state index contributed by atoms with van der Waals surface area (Å²) in [7, 11) is 0. The fraction of sp³-hybridized carbons (Fsp3) is 0.273. The highest BCUT2D eigenvalue weighted by Crippen LogP contribution is 2.21. The molecule has 0 amide bonds. The molecule has 0 saturated carbocycles. The second-order valence-electron chi connectivity index (χ2n) is 2.86. The van der Waals surface area contributed by atoms with E-state index in [1.165, 1.54) is 17.8 Å². The number of nitrogens with two attached hydrogens (primary N) is 1. The Morgan fingerprint density at radius 2 is 2.50 bits per heavy atom. The quantitative estimate of drug-likeness (QED) is 0.482. The third-order valence-electron chi connectivity index (χ3n) is 1.66. The van der Waals surface area contributed by atoms with E-state index in [0.29, 0.717) is 18.0 Å². The molecule has 0 saturated heterocycles. The molecule has 16 heavy (non-hydrogen) atoms. The van der Waals surface area contributed by atoms with Gasteiger partial charge in [0.25, 0.3) is 0 Å². The van der Waals surface area contributed by atoms with Crippen molar-refractivity contribution >= 4 is 23.4 Å². The maximum Gasteiger partial charge on any atom is 0.330 e. The number of aromatic nitrogens is 1. The zero-order chi connectivity index (χ0) is 11.8. The Hall–Kier alpha value is -1.49. The minimum absolute atomic E-state index is 0.322. The summed E-state index contributed by atoms with van der Waals surface area (Å²) in [5.41, 5.74) is 6.36. The topological polar surface area (TPSA) is 65.2 Å². The van der Waals surface area contributed by atoms with Gasteiger partial charge in [-0.25, -0.2) is 9.78 Å². The van der Waals surface area contributed by atoms with E-state index in [2.05, 4.69) is 4.98 Å². The molecule has 4 nitrogen and oxygen atoms in total. The zero-order valence-electron chi connectivity index (χ0n) is 9.05. The lowest BCUT2D eigenvalue weighted by molar-refractivity contribution is -0.137. The number of ether oxygens (including phenoxy) is 1. The van der Waals surface area contributed by atoms with Gasteiger partial charge in [0.15, 0.2) is 0 Å². The van der Waals surface area contributed by atoms with Crippen LogP contribution in [0.15, 0.2) is 35.5 Å². The summed E-state index contributed by atoms with van der Waals surface area (Å²) in [4.78, 5) is 15.1. The van der Waals surface area contributed by atoms with E-state index >= 15 is 0 Å². The Morgan fingerprint density at radius 1 is 1.69 bits per heavy atom. The molecule has 0 aromatic carbocycles. The van der Waals surface area contributed by atoms with E-state index in [1.807, 2.05) is 0 Å². The number of hydrogen-bond acceptors (Lipinski definition) is 5. The predicted octanol–water partition coefficient (Wildman–Crippen LogP) is 1.88. The minimum atomic E-state index is -0.322. The van der Waals surface area contributed by atoms with Crippen LogP contribution in [0.2, 0.25) is 0 Å². The van der Waals surface area contributed by atoms with Gasteiger partial charge < -0.3 is 10.5 Å². The minimum Gasteiger partial charge on any atom is -0.463 e. The number of carbonyl (C=O) groups is 1. The third-order valence-corrected chi connectivity index (χ3v) is 2.63. The fourth-order valence-corrected chi connectivity index (χ4v) is 1.71. The van der Waals surface area contributed by atoms with E-state index in [9.17, 15) is 4.79 Å². The van der Waals surface area contributed by atoms with E-state index in [4.69, 9.17) is 10.5 Å². The number of hydrogen-bond donors (Lipinski definition) is 1. The number of carbonyl (C=O) groups excluding carboxylic acids is 1. The number of anilines is 1. The molecule has 1 heterocycles. The molecule has 1 rings (SSSR count). The number of rotatable bonds is 5. The first-order valence-corrected chi connectivity index (χ1v) is 5.89. The maximum absolute atomic E-state index is 11.0. The van der Waals surface area contributed by atoms with Gasteiger partial charge in [-0.2, -0.15) is 0 Å². The summed E-state index contributed by atoms with van der Waals surface area (Å²) in [5, 5.41) is 0.774. The number of nitrogen functional groups attached to an aromatic ring is 1. The standard InChI is InChI=1S/C11H14N2O2S/c1-2-15-10(14)6-4-8-16-11-9(12)5-3-7-13-11/h3-7H,2,8,12H2,1H3/b6-4+. The van der Waals surface area contributed by atoms with Gasteiger partial charge in [0.05, 0.1) is 12.3 Å². The van der Waals surface area contributed by atoms with Crippen LogP contribution < -0.4 is 5.73 Å². The molecule has 0 spiro atoms. The summed E-state index contributed by atoms with van der Waals surface area (Å²) < 4.78 is 4.74.